The molecule has 0 amide bonds. The van der Waals surface area contributed by atoms with Crippen LogP contribution in [0.15, 0.2) is 96.0 Å². The summed E-state index contributed by atoms with van der Waals surface area (Å²) in [4.78, 5) is 9.30. The molecule has 0 unspecified atom stereocenters. The Labute approximate surface area is 193 Å². The average molecular weight is 437 g/mol. The summed E-state index contributed by atoms with van der Waals surface area (Å²) in [7, 11) is -2.81. The highest BCUT2D eigenvalue weighted by Gasteiger charge is 2.31. The van der Waals surface area contributed by atoms with Gasteiger partial charge >= 0.3 is 7.40 Å². The number of hydrogen-bond donors (Lipinski definition) is 0. The Hall–Kier alpha value is -3.98. The third kappa shape index (κ3) is 5.10. The highest BCUT2D eigenvalue weighted by atomic mass is 19.2. The van der Waals surface area contributed by atoms with E-state index in [9.17, 15) is 8.63 Å². The van der Waals surface area contributed by atoms with Crippen molar-refractivity contribution in [3.63, 3.8) is 0 Å². The van der Waals surface area contributed by atoms with Crippen LogP contribution in [0, 0.1) is 11.8 Å². The fourth-order valence-corrected chi connectivity index (χ4v) is 3.50. The molecule has 33 heavy (non-hydrogen) atoms. The molecule has 6 heteroatoms. The molecule has 4 rings (SSSR count). The van der Waals surface area contributed by atoms with Crippen molar-refractivity contribution in [1.82, 2.24) is 9.46 Å². The molecule has 4 aromatic rings. The lowest BCUT2D eigenvalue weighted by molar-refractivity contribution is 0.629. The van der Waals surface area contributed by atoms with E-state index < -0.39 is 7.40 Å². The minimum atomic E-state index is -2.81. The Kier molecular flexibility index (Phi) is 7.11. The van der Waals surface area contributed by atoms with Crippen LogP contribution in [0.2, 0.25) is 0 Å². The zero-order valence-electron chi connectivity index (χ0n) is 18.2. The van der Waals surface area contributed by atoms with Gasteiger partial charge in [0.25, 0.3) is 0 Å². The van der Waals surface area contributed by atoms with Crippen LogP contribution in [-0.4, -0.2) is 29.1 Å². The smallest absolute Gasteiger partial charge is 0.305 e. The van der Waals surface area contributed by atoms with Crippen molar-refractivity contribution in [2.24, 2.45) is 4.99 Å². The molecule has 162 valence electrons. The molecule has 1 aromatic heterocycles. The molecule has 0 radical (unpaired) electrons. The van der Waals surface area contributed by atoms with E-state index in [0.29, 0.717) is 17.8 Å². The monoisotopic (exact) mass is 437 g/mol. The van der Waals surface area contributed by atoms with Crippen LogP contribution < -0.4 is 0 Å². The molecule has 3 nitrogen and oxygen atoms in total. The fourth-order valence-electron chi connectivity index (χ4n) is 3.50. The van der Waals surface area contributed by atoms with Gasteiger partial charge in [0.2, 0.25) is 0 Å². The van der Waals surface area contributed by atoms with Gasteiger partial charge in [0.05, 0.1) is 11.4 Å². The number of aromatic nitrogens is 2. The molecule has 0 bridgehead atoms. The molecule has 0 saturated heterocycles. The first-order valence-corrected chi connectivity index (χ1v) is 10.8. The number of hydrogen-bond acceptors (Lipinski definition) is 2. The molecule has 0 aliphatic heterocycles. The fraction of sp³-hybridized carbons (Fsp3) is 0.111. The normalized spacial score (nSPS) is 11.1. The van der Waals surface area contributed by atoms with Gasteiger partial charge in [0.1, 0.15) is 11.5 Å². The van der Waals surface area contributed by atoms with E-state index in [1.165, 1.54) is 0 Å². The second-order valence-corrected chi connectivity index (χ2v) is 7.36. The Balaban J connectivity index is 2.00. The lowest BCUT2D eigenvalue weighted by Crippen LogP contribution is -2.22. The molecule has 0 aliphatic carbocycles. The maximum Gasteiger partial charge on any atom is 0.679 e. The summed E-state index contributed by atoms with van der Waals surface area (Å²) in [5, 5.41) is 0. The lowest BCUT2D eigenvalue weighted by Gasteiger charge is -2.12. The molecule has 0 atom stereocenters. The average Bonchev–Trinajstić information content (AvgIpc) is 3.24. The molecule has 0 fully saturated rings. The van der Waals surface area contributed by atoms with Crippen LogP contribution in [-0.2, 0) is 0 Å². The standard InChI is InChI=1S/C27H22BF2N3/c1-2-20-31-25(22-14-8-4-9-15-22)26-24(19-18-21-12-6-3-7-13-21)32-27(33(26)28(29)30)23-16-10-5-11-17-23/h3-17H,2,20H2,1H3. The van der Waals surface area contributed by atoms with Gasteiger partial charge in [-0.2, -0.15) is 0 Å². The molecular weight excluding hydrogens is 415 g/mol. The second kappa shape index (κ2) is 10.6. The summed E-state index contributed by atoms with van der Waals surface area (Å²) in [5.41, 5.74) is 3.08. The summed E-state index contributed by atoms with van der Waals surface area (Å²) in [5.74, 6) is 6.28. The van der Waals surface area contributed by atoms with E-state index in [1.54, 1.807) is 24.3 Å². The van der Waals surface area contributed by atoms with Crippen molar-refractivity contribution in [2.45, 2.75) is 13.3 Å². The van der Waals surface area contributed by atoms with Gasteiger partial charge in [-0.15, -0.1) is 0 Å². The van der Waals surface area contributed by atoms with Gasteiger partial charge < -0.3 is 4.48 Å². The minimum absolute atomic E-state index is 0.165. The summed E-state index contributed by atoms with van der Waals surface area (Å²) in [6.45, 7) is 2.51. The van der Waals surface area contributed by atoms with E-state index in [1.807, 2.05) is 73.7 Å². The maximum absolute atomic E-state index is 14.6. The molecule has 1 heterocycles. The van der Waals surface area contributed by atoms with Crippen molar-refractivity contribution in [1.29, 1.82) is 0 Å². The first-order valence-electron chi connectivity index (χ1n) is 10.8. The lowest BCUT2D eigenvalue weighted by atomic mass is 10.0. The summed E-state index contributed by atoms with van der Waals surface area (Å²) >= 11 is 0. The van der Waals surface area contributed by atoms with Gasteiger partial charge in [-0.1, -0.05) is 91.7 Å². The number of halogens is 2. The van der Waals surface area contributed by atoms with Gasteiger partial charge in [-0.3, -0.25) is 13.6 Å². The van der Waals surface area contributed by atoms with Crippen molar-refractivity contribution in [3.05, 3.63) is 114 Å². The van der Waals surface area contributed by atoms with E-state index in [-0.39, 0.29) is 17.2 Å². The third-order valence-electron chi connectivity index (χ3n) is 5.00. The molecule has 0 aliphatic rings. The van der Waals surface area contributed by atoms with Crippen LogP contribution in [0.3, 0.4) is 0 Å². The number of aliphatic imine (C=N–C) groups is 1. The van der Waals surface area contributed by atoms with Gasteiger partial charge in [-0.05, 0) is 24.5 Å². The zero-order valence-corrected chi connectivity index (χ0v) is 18.2. The van der Waals surface area contributed by atoms with Gasteiger partial charge in [0.15, 0.2) is 0 Å². The second-order valence-electron chi connectivity index (χ2n) is 7.36. The van der Waals surface area contributed by atoms with Crippen LogP contribution in [0.4, 0.5) is 8.63 Å². The Bertz CT molecular complexity index is 1290. The SMILES string of the molecule is CCCN=C(c1ccccc1)c1c(C#Cc2ccccc2)nc(-c2ccccc2)n1B(F)F. The van der Waals surface area contributed by atoms with Crippen LogP contribution in [0.25, 0.3) is 11.4 Å². The summed E-state index contributed by atoms with van der Waals surface area (Å²) in [6, 6.07) is 27.8. The number of imidazole rings is 1. The molecule has 0 N–H and O–H groups in total. The van der Waals surface area contributed by atoms with Crippen molar-refractivity contribution in [2.75, 3.05) is 6.54 Å². The van der Waals surface area contributed by atoms with Crippen molar-refractivity contribution < 1.29 is 8.63 Å². The Morgan fingerprint density at radius 3 is 2.09 bits per heavy atom. The van der Waals surface area contributed by atoms with Crippen LogP contribution in [0.1, 0.15) is 35.9 Å². The first kappa shape index (κ1) is 22.2. The quantitative estimate of drug-likeness (QED) is 0.208. The molecule has 3 aromatic carbocycles. The van der Waals surface area contributed by atoms with E-state index in [4.69, 9.17) is 4.99 Å². The third-order valence-corrected chi connectivity index (χ3v) is 5.00. The van der Waals surface area contributed by atoms with Crippen molar-refractivity contribution in [3.8, 4) is 23.2 Å². The maximum atomic E-state index is 14.6. The minimum Gasteiger partial charge on any atom is -0.305 e. The predicted octanol–water partition coefficient (Wildman–Crippen LogP) is 5.97. The highest BCUT2D eigenvalue weighted by molar-refractivity contribution is 6.43. The van der Waals surface area contributed by atoms with Crippen LogP contribution >= 0.6 is 0 Å². The summed E-state index contributed by atoms with van der Waals surface area (Å²) in [6.07, 6.45) is 0.787. The topological polar surface area (TPSA) is 30.2 Å². The predicted molar refractivity (Wildman–Crippen MR) is 131 cm³/mol. The van der Waals surface area contributed by atoms with E-state index in [0.717, 1.165) is 22.0 Å². The van der Waals surface area contributed by atoms with Crippen LogP contribution in [0.5, 0.6) is 0 Å². The molecular formula is C27H22BF2N3. The largest absolute Gasteiger partial charge is 0.679 e. The number of benzene rings is 3. The van der Waals surface area contributed by atoms with E-state index >= 15 is 0 Å². The Morgan fingerprint density at radius 2 is 1.48 bits per heavy atom. The van der Waals surface area contributed by atoms with Gasteiger partial charge in [0, 0.05) is 23.2 Å². The van der Waals surface area contributed by atoms with Gasteiger partial charge in [-0.25, -0.2) is 4.98 Å². The summed E-state index contributed by atoms with van der Waals surface area (Å²) < 4.78 is 30.1. The number of rotatable bonds is 6. The number of nitrogens with zero attached hydrogens (tertiary/aromatic N) is 3. The Morgan fingerprint density at radius 1 is 0.879 bits per heavy atom. The highest BCUT2D eigenvalue weighted by Crippen LogP contribution is 2.26. The van der Waals surface area contributed by atoms with Crippen molar-refractivity contribution >= 4 is 13.1 Å². The molecule has 0 spiro atoms. The molecule has 0 saturated carbocycles. The van der Waals surface area contributed by atoms with E-state index in [2.05, 4.69) is 16.8 Å². The first-order chi connectivity index (χ1) is 16.2. The zero-order chi connectivity index (χ0) is 23.0.